The topological polar surface area (TPSA) is 122 Å². The molecule has 1 unspecified atom stereocenters. The van der Waals surface area contributed by atoms with Crippen LogP contribution in [0.3, 0.4) is 0 Å². The summed E-state index contributed by atoms with van der Waals surface area (Å²) in [4.78, 5) is 23.8. The molecule has 5 N–H and O–H groups in total. The predicted molar refractivity (Wildman–Crippen MR) is 79.6 cm³/mol. The predicted octanol–water partition coefficient (Wildman–Crippen LogP) is 0.416. The Morgan fingerprint density at radius 2 is 1.95 bits per heavy atom. The van der Waals surface area contributed by atoms with E-state index in [0.29, 0.717) is 29.9 Å². The van der Waals surface area contributed by atoms with Crippen LogP contribution in [0.4, 0.5) is 10.5 Å². The molecule has 0 aromatic heterocycles. The Morgan fingerprint density at radius 1 is 1.29 bits per heavy atom. The second kappa shape index (κ2) is 6.71. The van der Waals surface area contributed by atoms with Crippen molar-refractivity contribution in [2.75, 3.05) is 11.6 Å². The van der Waals surface area contributed by atoms with Crippen molar-refractivity contribution in [3.63, 3.8) is 0 Å². The fourth-order valence-corrected chi connectivity index (χ4v) is 3.49. The van der Waals surface area contributed by atoms with E-state index in [9.17, 15) is 14.2 Å². The fraction of sp³-hybridized carbons (Fsp3) is 0.333. The first kappa shape index (κ1) is 15.5. The molecule has 1 heterocycles. The second-order valence-corrected chi connectivity index (χ2v) is 6.54. The lowest BCUT2D eigenvalue weighted by Crippen LogP contribution is -2.49. The summed E-state index contributed by atoms with van der Waals surface area (Å²) in [6.45, 7) is 0.552. The Labute approximate surface area is 122 Å². The largest absolute Gasteiger partial charge is 0.358 e. The SMILES string of the molecule is NN(C(=O)N(N)[PH](=O)[C@H]1CCCNC1=O)c1ccccc1. The summed E-state index contributed by atoms with van der Waals surface area (Å²) in [6.07, 6.45) is 1.15. The minimum Gasteiger partial charge on any atom is -0.355 e. The molecular formula is C12H18N5O3P. The van der Waals surface area contributed by atoms with Crippen LogP contribution in [0.25, 0.3) is 0 Å². The summed E-state index contributed by atoms with van der Waals surface area (Å²) in [5.74, 6) is 11.0. The second-order valence-electron chi connectivity index (χ2n) is 4.68. The third-order valence-corrected chi connectivity index (χ3v) is 5.08. The summed E-state index contributed by atoms with van der Waals surface area (Å²) in [7, 11) is -2.79. The molecule has 0 saturated carbocycles. The lowest BCUT2D eigenvalue weighted by Gasteiger charge is -2.28. The molecule has 1 fully saturated rings. The van der Waals surface area contributed by atoms with Gasteiger partial charge in [-0.25, -0.2) is 26.3 Å². The third-order valence-electron chi connectivity index (χ3n) is 3.27. The number of piperidine rings is 1. The molecule has 9 heteroatoms. The maximum absolute atomic E-state index is 12.3. The van der Waals surface area contributed by atoms with Crippen molar-refractivity contribution >= 4 is 25.6 Å². The van der Waals surface area contributed by atoms with Gasteiger partial charge in [0.05, 0.1) is 5.69 Å². The maximum Gasteiger partial charge on any atom is 0.358 e. The Balaban J connectivity index is 2.08. The number of benzene rings is 1. The molecule has 0 radical (unpaired) electrons. The highest BCUT2D eigenvalue weighted by molar-refractivity contribution is 7.45. The van der Waals surface area contributed by atoms with Gasteiger partial charge in [0.15, 0.2) is 7.95 Å². The van der Waals surface area contributed by atoms with Gasteiger partial charge in [0.1, 0.15) is 5.66 Å². The molecule has 0 spiro atoms. The summed E-state index contributed by atoms with van der Waals surface area (Å²) >= 11 is 0. The number of hydrogen-bond acceptors (Lipinski definition) is 5. The van der Waals surface area contributed by atoms with Crippen molar-refractivity contribution in [2.45, 2.75) is 18.5 Å². The number of nitrogens with one attached hydrogen (secondary N) is 1. The molecule has 1 aliphatic heterocycles. The van der Waals surface area contributed by atoms with Crippen LogP contribution < -0.4 is 22.0 Å². The van der Waals surface area contributed by atoms with Crippen LogP contribution in [0.5, 0.6) is 0 Å². The summed E-state index contributed by atoms with van der Waals surface area (Å²) in [6, 6.07) is 7.62. The molecule has 2 rings (SSSR count). The number of anilines is 1. The first-order chi connectivity index (χ1) is 10.0. The van der Waals surface area contributed by atoms with E-state index in [1.807, 2.05) is 0 Å². The number of hydrogen-bond donors (Lipinski definition) is 3. The van der Waals surface area contributed by atoms with Gasteiger partial charge in [-0.2, -0.15) is 0 Å². The Morgan fingerprint density at radius 3 is 2.57 bits per heavy atom. The minimum atomic E-state index is -2.79. The zero-order valence-corrected chi connectivity index (χ0v) is 12.4. The van der Waals surface area contributed by atoms with Crippen molar-refractivity contribution in [3.05, 3.63) is 30.3 Å². The number of carbonyl (C=O) groups is 2. The Hall–Kier alpha value is -1.89. The molecule has 1 aromatic carbocycles. The molecule has 1 saturated heterocycles. The van der Waals surface area contributed by atoms with Gasteiger partial charge in [-0.3, -0.25) is 4.79 Å². The van der Waals surface area contributed by atoms with Crippen LogP contribution in [0.2, 0.25) is 0 Å². The van der Waals surface area contributed by atoms with E-state index in [1.165, 1.54) is 0 Å². The van der Waals surface area contributed by atoms with E-state index in [0.717, 1.165) is 5.01 Å². The molecule has 2 atom stereocenters. The lowest BCUT2D eigenvalue weighted by atomic mass is 10.1. The van der Waals surface area contributed by atoms with Crippen LogP contribution >= 0.6 is 7.95 Å². The average Bonchev–Trinajstić information content (AvgIpc) is 2.53. The van der Waals surface area contributed by atoms with E-state index in [2.05, 4.69) is 5.32 Å². The molecule has 1 aromatic rings. The van der Waals surface area contributed by atoms with Gasteiger partial charge < -0.3 is 9.88 Å². The monoisotopic (exact) mass is 311 g/mol. The van der Waals surface area contributed by atoms with Crippen molar-refractivity contribution in [2.24, 2.45) is 11.7 Å². The Kier molecular flexibility index (Phi) is 4.95. The highest BCUT2D eigenvalue weighted by Gasteiger charge is 2.33. The minimum absolute atomic E-state index is 0.336. The maximum atomic E-state index is 12.3. The Bertz CT molecular complexity index is 553. The van der Waals surface area contributed by atoms with Gasteiger partial charge in [-0.15, -0.1) is 0 Å². The number of para-hydroxylation sites is 1. The van der Waals surface area contributed by atoms with Crippen LogP contribution in [-0.4, -0.2) is 28.9 Å². The van der Waals surface area contributed by atoms with Crippen molar-refractivity contribution in [3.8, 4) is 0 Å². The number of carbonyl (C=O) groups excluding carboxylic acids is 2. The van der Waals surface area contributed by atoms with E-state index >= 15 is 0 Å². The van der Waals surface area contributed by atoms with Crippen LogP contribution in [0.1, 0.15) is 12.8 Å². The highest BCUT2D eigenvalue weighted by atomic mass is 31.1. The standard InChI is InChI=1S/C12H18N5O3P/c13-16(9-5-2-1-3-6-9)12(19)17(14)21(20)10-7-4-8-15-11(10)18/h1-3,5-6,10,21H,4,7-8,13-14H2,(H,15,18)/t10-/m0/s1. The number of rotatable bonds is 3. The zero-order chi connectivity index (χ0) is 15.4. The molecule has 1 aliphatic rings. The van der Waals surface area contributed by atoms with E-state index in [-0.39, 0.29) is 5.91 Å². The van der Waals surface area contributed by atoms with Gasteiger partial charge in [-0.1, -0.05) is 18.2 Å². The van der Waals surface area contributed by atoms with Gasteiger partial charge in [-0.05, 0) is 25.0 Å². The van der Waals surface area contributed by atoms with E-state index < -0.39 is 19.6 Å². The molecule has 8 nitrogen and oxygen atoms in total. The van der Waals surface area contributed by atoms with E-state index in [4.69, 9.17) is 11.7 Å². The number of urea groups is 1. The first-order valence-corrected chi connectivity index (χ1v) is 7.96. The van der Waals surface area contributed by atoms with E-state index in [1.54, 1.807) is 30.3 Å². The quantitative estimate of drug-likeness (QED) is 0.323. The molecule has 114 valence electrons. The first-order valence-electron chi connectivity index (χ1n) is 6.52. The number of hydrazine groups is 2. The van der Waals surface area contributed by atoms with Crippen LogP contribution in [0, 0.1) is 0 Å². The molecular weight excluding hydrogens is 293 g/mol. The van der Waals surface area contributed by atoms with Gasteiger partial charge in [0.2, 0.25) is 5.91 Å². The van der Waals surface area contributed by atoms with Gasteiger partial charge in [0.25, 0.3) is 0 Å². The molecule has 3 amide bonds. The summed E-state index contributed by atoms with van der Waals surface area (Å²) in [5, 5.41) is 3.42. The van der Waals surface area contributed by atoms with Gasteiger partial charge >= 0.3 is 6.03 Å². The van der Waals surface area contributed by atoms with Crippen molar-refractivity contribution in [1.82, 2.24) is 10.1 Å². The van der Waals surface area contributed by atoms with Crippen molar-refractivity contribution < 1.29 is 14.2 Å². The normalized spacial score (nSPS) is 19.5. The smallest absolute Gasteiger partial charge is 0.355 e. The third kappa shape index (κ3) is 3.41. The summed E-state index contributed by atoms with van der Waals surface area (Å²) in [5.41, 5.74) is -0.345. The number of nitrogens with zero attached hydrogens (tertiary/aromatic N) is 2. The summed E-state index contributed by atoms with van der Waals surface area (Å²) < 4.78 is 12.9. The molecule has 0 aliphatic carbocycles. The number of amides is 3. The fourth-order valence-electron chi connectivity index (χ4n) is 2.08. The van der Waals surface area contributed by atoms with Crippen molar-refractivity contribution in [1.29, 1.82) is 0 Å². The highest BCUT2D eigenvalue weighted by Crippen LogP contribution is 2.35. The van der Waals surface area contributed by atoms with Crippen LogP contribution in [0.15, 0.2) is 30.3 Å². The van der Waals surface area contributed by atoms with Crippen LogP contribution in [-0.2, 0) is 9.36 Å². The molecule has 21 heavy (non-hydrogen) atoms. The lowest BCUT2D eigenvalue weighted by molar-refractivity contribution is -0.121. The van der Waals surface area contributed by atoms with Gasteiger partial charge in [0, 0.05) is 6.54 Å². The molecule has 0 bridgehead atoms. The zero-order valence-electron chi connectivity index (χ0n) is 11.4. The number of nitrogens with two attached hydrogens (primary N) is 2. The average molecular weight is 311 g/mol.